The van der Waals surface area contributed by atoms with E-state index >= 15 is 0 Å². The van der Waals surface area contributed by atoms with Crippen LogP contribution in [-0.4, -0.2) is 24.0 Å². The lowest BCUT2D eigenvalue weighted by molar-refractivity contribution is -0.132. The van der Waals surface area contributed by atoms with Gasteiger partial charge in [-0.2, -0.15) is 0 Å². The summed E-state index contributed by atoms with van der Waals surface area (Å²) < 4.78 is 22.2. The number of carbonyl (C=O) groups is 2. The van der Waals surface area contributed by atoms with E-state index in [0.29, 0.717) is 25.0 Å². The Morgan fingerprint density at radius 3 is 2.53 bits per heavy atom. The summed E-state index contributed by atoms with van der Waals surface area (Å²) in [5.74, 6) is 0.130. The van der Waals surface area contributed by atoms with Gasteiger partial charge < -0.3 is 18.6 Å². The molecular weight excluding hydrogens is 384 g/mol. The van der Waals surface area contributed by atoms with Gasteiger partial charge in [0.25, 0.3) is 0 Å². The first-order valence-corrected chi connectivity index (χ1v) is 10.2. The molecule has 0 N–H and O–H groups in total. The molecule has 0 radical (unpaired) electrons. The fourth-order valence-corrected chi connectivity index (χ4v) is 3.87. The molecule has 3 atom stereocenters. The van der Waals surface area contributed by atoms with Crippen molar-refractivity contribution in [3.8, 4) is 5.75 Å². The Labute approximate surface area is 175 Å². The largest absolute Gasteiger partial charge is 0.493 e. The molecule has 0 spiro atoms. The molecule has 2 aliphatic rings. The van der Waals surface area contributed by atoms with Gasteiger partial charge in [0.1, 0.15) is 24.2 Å². The van der Waals surface area contributed by atoms with Gasteiger partial charge in [0.2, 0.25) is 17.3 Å². The van der Waals surface area contributed by atoms with Gasteiger partial charge in [-0.05, 0) is 48.1 Å². The lowest BCUT2D eigenvalue weighted by atomic mass is 9.80. The monoisotopic (exact) mass is 410 g/mol. The van der Waals surface area contributed by atoms with Crippen LogP contribution in [0.2, 0.25) is 0 Å². The van der Waals surface area contributed by atoms with Crippen LogP contribution in [0, 0.1) is 5.92 Å². The highest BCUT2D eigenvalue weighted by Gasteiger charge is 2.42. The summed E-state index contributed by atoms with van der Waals surface area (Å²) >= 11 is 0. The zero-order valence-electron chi connectivity index (χ0n) is 17.4. The van der Waals surface area contributed by atoms with Crippen molar-refractivity contribution in [1.29, 1.82) is 0 Å². The summed E-state index contributed by atoms with van der Waals surface area (Å²) in [4.78, 5) is 25.0. The summed E-state index contributed by atoms with van der Waals surface area (Å²) in [7, 11) is 0. The average molecular weight is 410 g/mol. The third kappa shape index (κ3) is 4.27. The van der Waals surface area contributed by atoms with Gasteiger partial charge in [-0.15, -0.1) is 0 Å². The Balaban J connectivity index is 1.38. The Kier molecular flexibility index (Phi) is 5.41. The molecule has 4 rings (SSSR count). The van der Waals surface area contributed by atoms with Crippen molar-refractivity contribution in [2.75, 3.05) is 0 Å². The van der Waals surface area contributed by atoms with Crippen LogP contribution in [0.1, 0.15) is 56.2 Å². The number of fused-ring (bicyclic) bond motifs is 1. The van der Waals surface area contributed by atoms with E-state index in [2.05, 4.69) is 20.8 Å². The highest BCUT2D eigenvalue weighted by Crippen LogP contribution is 2.35. The van der Waals surface area contributed by atoms with Crippen molar-refractivity contribution < 1.29 is 28.2 Å². The van der Waals surface area contributed by atoms with Gasteiger partial charge in [0.15, 0.2) is 0 Å². The maximum absolute atomic E-state index is 12.9. The fourth-order valence-electron chi connectivity index (χ4n) is 3.87. The maximum atomic E-state index is 12.9. The SMILES string of the molecule is CC(C)(C)c1ccc(OC2=COC3CC(OC(=O)c4ccco4)CCC3C2=O)cc1. The van der Waals surface area contributed by atoms with Gasteiger partial charge in [-0.1, -0.05) is 32.9 Å². The number of furan rings is 1. The van der Waals surface area contributed by atoms with Crippen molar-refractivity contribution >= 4 is 11.8 Å². The van der Waals surface area contributed by atoms with E-state index in [-0.39, 0.29) is 40.8 Å². The summed E-state index contributed by atoms with van der Waals surface area (Å²) in [6.45, 7) is 6.44. The van der Waals surface area contributed by atoms with Crippen LogP contribution in [0.4, 0.5) is 0 Å². The van der Waals surface area contributed by atoms with E-state index in [1.165, 1.54) is 18.1 Å². The summed E-state index contributed by atoms with van der Waals surface area (Å²) in [6, 6.07) is 10.9. The number of esters is 1. The van der Waals surface area contributed by atoms with Crippen LogP contribution in [0.5, 0.6) is 5.75 Å². The van der Waals surface area contributed by atoms with Gasteiger partial charge in [-0.3, -0.25) is 4.79 Å². The van der Waals surface area contributed by atoms with Crippen LogP contribution in [0.15, 0.2) is 59.1 Å². The van der Waals surface area contributed by atoms with E-state index in [9.17, 15) is 9.59 Å². The second-order valence-electron chi connectivity index (χ2n) is 8.82. The van der Waals surface area contributed by atoms with Gasteiger partial charge in [-0.25, -0.2) is 4.79 Å². The predicted octanol–water partition coefficient (Wildman–Crippen LogP) is 4.79. The normalized spacial score (nSPS) is 23.8. The first-order valence-electron chi connectivity index (χ1n) is 10.2. The molecule has 6 heteroatoms. The number of benzene rings is 1. The second kappa shape index (κ2) is 8.01. The maximum Gasteiger partial charge on any atom is 0.374 e. The molecule has 30 heavy (non-hydrogen) atoms. The number of carbonyl (C=O) groups excluding carboxylic acids is 2. The van der Waals surface area contributed by atoms with Gasteiger partial charge >= 0.3 is 5.97 Å². The zero-order valence-corrected chi connectivity index (χ0v) is 17.4. The van der Waals surface area contributed by atoms with Crippen LogP contribution in [0.25, 0.3) is 0 Å². The molecule has 1 fully saturated rings. The lowest BCUT2D eigenvalue weighted by Crippen LogP contribution is -2.43. The molecule has 1 saturated carbocycles. The molecule has 2 heterocycles. The number of hydrogen-bond donors (Lipinski definition) is 0. The number of ketones is 1. The number of hydrogen-bond acceptors (Lipinski definition) is 6. The minimum atomic E-state index is -0.496. The van der Waals surface area contributed by atoms with E-state index in [4.69, 9.17) is 18.6 Å². The molecular formula is C24H26O6. The standard InChI is InChI=1S/C24H26O6/c1-24(2,3)15-6-8-16(9-7-15)29-21-14-28-20-13-17(10-11-18(20)22(21)25)30-23(26)19-5-4-12-27-19/h4-9,12,14,17-18,20H,10-11,13H2,1-3H3. The fraction of sp³-hybridized carbons (Fsp3) is 0.417. The molecule has 1 aliphatic heterocycles. The van der Waals surface area contributed by atoms with Crippen molar-refractivity contribution in [1.82, 2.24) is 0 Å². The Morgan fingerprint density at radius 2 is 1.87 bits per heavy atom. The minimum Gasteiger partial charge on any atom is -0.493 e. The molecule has 3 unspecified atom stereocenters. The molecule has 6 nitrogen and oxygen atoms in total. The third-order valence-electron chi connectivity index (χ3n) is 5.62. The van der Waals surface area contributed by atoms with Crippen LogP contribution in [0.3, 0.4) is 0 Å². The molecule has 0 amide bonds. The molecule has 2 aromatic rings. The predicted molar refractivity (Wildman–Crippen MR) is 109 cm³/mol. The minimum absolute atomic E-state index is 0.0494. The van der Waals surface area contributed by atoms with Crippen LogP contribution < -0.4 is 4.74 Å². The van der Waals surface area contributed by atoms with Crippen molar-refractivity contribution in [3.63, 3.8) is 0 Å². The lowest BCUT2D eigenvalue weighted by Gasteiger charge is -2.36. The third-order valence-corrected chi connectivity index (χ3v) is 5.62. The highest BCUT2D eigenvalue weighted by molar-refractivity contribution is 5.96. The van der Waals surface area contributed by atoms with E-state index in [1.54, 1.807) is 12.1 Å². The second-order valence-corrected chi connectivity index (χ2v) is 8.82. The molecule has 0 bridgehead atoms. The number of Topliss-reactive ketones (excluding diaryl/α,β-unsaturated/α-hetero) is 1. The van der Waals surface area contributed by atoms with E-state index < -0.39 is 5.97 Å². The topological polar surface area (TPSA) is 75.0 Å². The summed E-state index contributed by atoms with van der Waals surface area (Å²) in [5.41, 5.74) is 1.24. The van der Waals surface area contributed by atoms with Crippen molar-refractivity contribution in [2.45, 2.75) is 57.7 Å². The Hall–Kier alpha value is -3.02. The van der Waals surface area contributed by atoms with E-state index in [1.807, 2.05) is 24.3 Å². The summed E-state index contributed by atoms with van der Waals surface area (Å²) in [6.07, 6.45) is 3.82. The van der Waals surface area contributed by atoms with E-state index in [0.717, 1.165) is 0 Å². The van der Waals surface area contributed by atoms with Gasteiger partial charge in [0.05, 0.1) is 12.2 Å². The number of rotatable bonds is 4. The summed E-state index contributed by atoms with van der Waals surface area (Å²) in [5, 5.41) is 0. The van der Waals surface area contributed by atoms with Crippen molar-refractivity contribution in [3.05, 3.63) is 66.0 Å². The van der Waals surface area contributed by atoms with Crippen LogP contribution >= 0.6 is 0 Å². The van der Waals surface area contributed by atoms with Crippen LogP contribution in [-0.2, 0) is 19.7 Å². The quantitative estimate of drug-likeness (QED) is 0.675. The Bertz CT molecular complexity index is 933. The average Bonchev–Trinajstić information content (AvgIpc) is 3.25. The molecule has 0 saturated heterocycles. The first kappa shape index (κ1) is 20.3. The first-order chi connectivity index (χ1) is 14.3. The zero-order chi connectivity index (χ0) is 21.3. The number of ether oxygens (including phenoxy) is 3. The molecule has 158 valence electrons. The number of allylic oxidation sites excluding steroid dienone is 1. The Morgan fingerprint density at radius 1 is 1.10 bits per heavy atom. The molecule has 1 aromatic carbocycles. The highest BCUT2D eigenvalue weighted by atomic mass is 16.6. The molecule has 1 aliphatic carbocycles. The van der Waals surface area contributed by atoms with Crippen molar-refractivity contribution in [2.24, 2.45) is 5.92 Å². The molecule has 1 aromatic heterocycles. The van der Waals surface area contributed by atoms with Gasteiger partial charge in [0, 0.05) is 6.42 Å². The smallest absolute Gasteiger partial charge is 0.374 e.